The van der Waals surface area contributed by atoms with Gasteiger partial charge in [0.1, 0.15) is 0 Å². The zero-order valence-corrected chi connectivity index (χ0v) is 16.2. The van der Waals surface area contributed by atoms with Crippen molar-refractivity contribution in [2.24, 2.45) is 0 Å². The first kappa shape index (κ1) is 21.3. The van der Waals surface area contributed by atoms with E-state index in [2.05, 4.69) is 50.3 Å². The van der Waals surface area contributed by atoms with Gasteiger partial charge in [-0.1, -0.05) is 0 Å². The average molecular weight is 361 g/mol. The molecular formula is C18H26Cl2Ti. The molecule has 0 bridgehead atoms. The van der Waals surface area contributed by atoms with Gasteiger partial charge >= 0.3 is 128 Å². The van der Waals surface area contributed by atoms with E-state index in [1.54, 1.807) is 11.1 Å². The topological polar surface area (TPSA) is 0 Å². The van der Waals surface area contributed by atoms with Gasteiger partial charge in [0.25, 0.3) is 0 Å². The minimum absolute atomic E-state index is 0. The van der Waals surface area contributed by atoms with Crippen LogP contribution in [-0.4, -0.2) is 0 Å². The Morgan fingerprint density at radius 2 is 1.24 bits per heavy atom. The summed E-state index contributed by atoms with van der Waals surface area (Å²) in [6, 6.07) is 0. The van der Waals surface area contributed by atoms with Crippen molar-refractivity contribution < 1.29 is 44.0 Å². The molecule has 0 N–H and O–H groups in total. The minimum Gasteiger partial charge on any atom is -1.00 e. The van der Waals surface area contributed by atoms with E-state index in [9.17, 15) is 0 Å². The molecule has 0 saturated heterocycles. The molecule has 0 saturated carbocycles. The van der Waals surface area contributed by atoms with Crippen molar-refractivity contribution in [3.8, 4) is 0 Å². The number of rotatable bonds is 8. The molecule has 21 heavy (non-hydrogen) atoms. The Bertz CT molecular complexity index is 369. The molecule has 2 unspecified atom stereocenters. The number of hydrogen-bond acceptors (Lipinski definition) is 0. The van der Waals surface area contributed by atoms with Gasteiger partial charge in [0.15, 0.2) is 0 Å². The fraction of sp³-hybridized carbons (Fsp3) is 0.556. The van der Waals surface area contributed by atoms with Crippen LogP contribution in [0.4, 0.5) is 0 Å². The molecule has 0 heterocycles. The molecule has 2 rings (SSSR count). The summed E-state index contributed by atoms with van der Waals surface area (Å²) in [4.78, 5) is 0. The van der Waals surface area contributed by atoms with Crippen LogP contribution in [0.2, 0.25) is 8.45 Å². The molecule has 0 nitrogen and oxygen atoms in total. The van der Waals surface area contributed by atoms with Gasteiger partial charge in [-0.05, 0) is 0 Å². The Labute approximate surface area is 152 Å². The van der Waals surface area contributed by atoms with Gasteiger partial charge in [-0.25, -0.2) is 0 Å². The minimum atomic E-state index is 0. The standard InChI is InChI=1S/2C9H13.2ClH.Ti/c2*1-2-3-6-9-7-4-5-8-9;;;/h2*4-5,7-8H,2-3,6H2,1H3;2*1H;/q;;;;+2/p-2. The van der Waals surface area contributed by atoms with Gasteiger partial charge in [0.05, 0.1) is 0 Å². The summed E-state index contributed by atoms with van der Waals surface area (Å²) in [5.41, 5.74) is 3.44. The Morgan fingerprint density at radius 3 is 1.62 bits per heavy atom. The average Bonchev–Trinajstić information content (AvgIpc) is 3.04. The SMILES string of the molecule is CCCCC1=CC=C[CH]1[Ti+2][CH]1C=CC=C1CCCC.[Cl-].[Cl-]. The first-order valence-electron chi connectivity index (χ1n) is 7.85. The van der Waals surface area contributed by atoms with E-state index >= 15 is 0 Å². The molecule has 0 aromatic carbocycles. The van der Waals surface area contributed by atoms with Crippen LogP contribution in [0, 0.1) is 0 Å². The van der Waals surface area contributed by atoms with E-state index in [1.165, 1.54) is 38.5 Å². The first-order chi connectivity index (χ1) is 9.35. The molecule has 3 heteroatoms. The van der Waals surface area contributed by atoms with Crippen LogP contribution >= 0.6 is 0 Å². The Kier molecular flexibility index (Phi) is 11.9. The maximum absolute atomic E-state index is 2.47. The van der Waals surface area contributed by atoms with E-state index in [-0.39, 0.29) is 44.0 Å². The molecule has 2 atom stereocenters. The Morgan fingerprint density at radius 1 is 0.810 bits per heavy atom. The summed E-state index contributed by atoms with van der Waals surface area (Å²) >= 11 is 0.0419. The van der Waals surface area contributed by atoms with Crippen molar-refractivity contribution in [1.82, 2.24) is 0 Å². The summed E-state index contributed by atoms with van der Waals surface area (Å²) in [5, 5.41) is 0. The van der Waals surface area contributed by atoms with Gasteiger partial charge in [0.2, 0.25) is 0 Å². The molecule has 0 spiro atoms. The molecule has 0 aromatic heterocycles. The third-order valence-corrected chi connectivity index (χ3v) is 6.90. The normalized spacial score (nSPS) is 22.2. The third kappa shape index (κ3) is 6.49. The van der Waals surface area contributed by atoms with Crippen molar-refractivity contribution in [2.45, 2.75) is 60.8 Å². The van der Waals surface area contributed by atoms with E-state index in [4.69, 9.17) is 0 Å². The van der Waals surface area contributed by atoms with Crippen molar-refractivity contribution >= 4 is 0 Å². The monoisotopic (exact) mass is 360 g/mol. The zero-order valence-electron chi connectivity index (χ0n) is 13.1. The van der Waals surface area contributed by atoms with E-state index in [1.807, 2.05) is 0 Å². The van der Waals surface area contributed by atoms with Crippen LogP contribution in [-0.2, 0) is 19.2 Å². The van der Waals surface area contributed by atoms with Crippen LogP contribution in [0.3, 0.4) is 0 Å². The molecule has 0 fully saturated rings. The fourth-order valence-corrected chi connectivity index (χ4v) is 5.51. The molecule has 0 aromatic rings. The van der Waals surface area contributed by atoms with Gasteiger partial charge in [-0.2, -0.15) is 0 Å². The van der Waals surface area contributed by atoms with E-state index < -0.39 is 0 Å². The molecular weight excluding hydrogens is 335 g/mol. The predicted octanol–water partition coefficient (Wildman–Crippen LogP) is 0.0267. The van der Waals surface area contributed by atoms with E-state index in [0.29, 0.717) is 0 Å². The van der Waals surface area contributed by atoms with Crippen LogP contribution in [0.25, 0.3) is 0 Å². The summed E-state index contributed by atoms with van der Waals surface area (Å²) in [5.74, 6) is 0. The molecule has 0 aliphatic heterocycles. The Hall–Kier alpha value is 0.254. The van der Waals surface area contributed by atoms with E-state index in [0.717, 1.165) is 8.45 Å². The number of allylic oxidation sites excluding steroid dienone is 8. The van der Waals surface area contributed by atoms with Gasteiger partial charge in [0, 0.05) is 0 Å². The number of halogens is 2. The largest absolute Gasteiger partial charge is 1.00 e. The van der Waals surface area contributed by atoms with Crippen molar-refractivity contribution in [1.29, 1.82) is 0 Å². The maximum atomic E-state index is 2.47. The summed E-state index contributed by atoms with van der Waals surface area (Å²) in [6.07, 6.45) is 22.3. The maximum Gasteiger partial charge on any atom is -1.00 e. The Balaban J connectivity index is 0.00000200. The number of unbranched alkanes of at least 4 members (excludes halogenated alkanes) is 2. The summed E-state index contributed by atoms with van der Waals surface area (Å²) in [7, 11) is 0. The van der Waals surface area contributed by atoms with Crippen molar-refractivity contribution in [3.05, 3.63) is 47.6 Å². The molecule has 116 valence electrons. The van der Waals surface area contributed by atoms with Gasteiger partial charge in [-0.15, -0.1) is 0 Å². The molecule has 0 radical (unpaired) electrons. The van der Waals surface area contributed by atoms with Crippen LogP contribution in [0.1, 0.15) is 52.4 Å². The second-order valence-corrected chi connectivity index (χ2v) is 8.05. The quantitative estimate of drug-likeness (QED) is 0.535. The second kappa shape index (κ2) is 11.8. The van der Waals surface area contributed by atoms with Crippen LogP contribution < -0.4 is 24.8 Å². The molecule has 2 aliphatic carbocycles. The van der Waals surface area contributed by atoms with Gasteiger partial charge in [-0.3, -0.25) is 0 Å². The zero-order chi connectivity index (χ0) is 13.5. The fourth-order valence-electron chi connectivity index (χ4n) is 2.79. The molecule has 0 amide bonds. The smallest absolute Gasteiger partial charge is 1.00 e. The van der Waals surface area contributed by atoms with Crippen molar-refractivity contribution in [2.75, 3.05) is 0 Å². The molecule has 2 aliphatic rings. The third-order valence-electron chi connectivity index (χ3n) is 4.02. The number of hydrogen-bond donors (Lipinski definition) is 0. The van der Waals surface area contributed by atoms with Gasteiger partial charge < -0.3 is 24.8 Å². The first-order valence-corrected chi connectivity index (χ1v) is 9.66. The predicted molar refractivity (Wildman–Crippen MR) is 81.0 cm³/mol. The van der Waals surface area contributed by atoms with Crippen molar-refractivity contribution in [3.63, 3.8) is 0 Å². The second-order valence-electron chi connectivity index (χ2n) is 5.58. The van der Waals surface area contributed by atoms with Crippen LogP contribution in [0.15, 0.2) is 47.6 Å². The summed E-state index contributed by atoms with van der Waals surface area (Å²) in [6.45, 7) is 4.58. The van der Waals surface area contributed by atoms with Crippen LogP contribution in [0.5, 0.6) is 0 Å². The summed E-state index contributed by atoms with van der Waals surface area (Å²) < 4.78 is 1.65.